The molecule has 0 unspecified atom stereocenters. The van der Waals surface area contributed by atoms with Crippen molar-refractivity contribution in [3.8, 4) is 6.01 Å². The fraction of sp³-hybridized carbons (Fsp3) is 0.733. The van der Waals surface area contributed by atoms with Crippen LogP contribution in [0.3, 0.4) is 0 Å². The van der Waals surface area contributed by atoms with Crippen molar-refractivity contribution in [1.29, 1.82) is 0 Å². The predicted molar refractivity (Wildman–Crippen MR) is 86.4 cm³/mol. The first-order chi connectivity index (χ1) is 10.1. The Morgan fingerprint density at radius 1 is 1.30 bits per heavy atom. The summed E-state index contributed by atoms with van der Waals surface area (Å²) in [5, 5.41) is 11.8. The molecule has 0 amide bonds. The Kier molecular flexibility index (Phi) is 8.81. The fourth-order valence-electron chi connectivity index (χ4n) is 1.59. The van der Waals surface area contributed by atoms with Crippen molar-refractivity contribution in [2.24, 2.45) is 0 Å². The van der Waals surface area contributed by atoms with Gasteiger partial charge in [-0.3, -0.25) is 4.79 Å². The van der Waals surface area contributed by atoms with Crippen molar-refractivity contribution in [3.05, 3.63) is 22.1 Å². The molecular weight excluding hydrogens is 307 g/mol. The van der Waals surface area contributed by atoms with E-state index in [4.69, 9.17) is 9.16 Å². The molecule has 0 fully saturated rings. The summed E-state index contributed by atoms with van der Waals surface area (Å²) < 4.78 is 12.8. The van der Waals surface area contributed by atoms with Gasteiger partial charge in [0.05, 0.1) is 19.2 Å². The van der Waals surface area contributed by atoms with Crippen LogP contribution in [0, 0.1) is 0 Å². The third kappa shape index (κ3) is 6.44. The van der Waals surface area contributed by atoms with Crippen molar-refractivity contribution < 1.29 is 33.1 Å². The van der Waals surface area contributed by atoms with Crippen LogP contribution in [0.15, 0.2) is 11.0 Å². The Hall–Kier alpha value is -0.586. The van der Waals surface area contributed by atoms with Crippen LogP contribution in [-0.2, 0) is 22.3 Å². The number of ether oxygens (including phenoxy) is 1. The topological polar surface area (TPSA) is 76.4 Å². The Morgan fingerprint density at radius 2 is 1.91 bits per heavy atom. The van der Waals surface area contributed by atoms with Gasteiger partial charge in [0.2, 0.25) is 0 Å². The summed E-state index contributed by atoms with van der Waals surface area (Å²) in [5.74, 6) is 0. The van der Waals surface area contributed by atoms with Crippen LogP contribution >= 0.6 is 0 Å². The van der Waals surface area contributed by atoms with Gasteiger partial charge in [-0.1, -0.05) is 27.7 Å². The van der Waals surface area contributed by atoms with Gasteiger partial charge in [-0.25, -0.2) is 4.98 Å². The van der Waals surface area contributed by atoms with Crippen molar-refractivity contribution >= 4 is 8.32 Å². The van der Waals surface area contributed by atoms with E-state index in [0.717, 1.165) is 0 Å². The zero-order chi connectivity index (χ0) is 17.0. The largest absolute Gasteiger partial charge is 1.00 e. The molecule has 0 N–H and O–H groups in total. The molecule has 0 saturated carbocycles. The number of nitrogens with zero attached hydrogens (tertiary/aromatic N) is 2. The van der Waals surface area contributed by atoms with E-state index in [-0.39, 0.29) is 30.6 Å². The minimum Gasteiger partial charge on any atom is -0.846 e. The average Bonchev–Trinajstić information content (AvgIpc) is 2.39. The summed E-state index contributed by atoms with van der Waals surface area (Å²) in [6.45, 7) is 13.7. The zero-order valence-electron chi connectivity index (χ0n) is 15.4. The molecule has 0 aliphatic carbocycles. The molecule has 1 rings (SSSR count). The van der Waals surface area contributed by atoms with Gasteiger partial charge in [0.25, 0.3) is 5.56 Å². The van der Waals surface area contributed by atoms with Crippen LogP contribution in [-0.4, -0.2) is 31.1 Å². The molecule has 1 aromatic heterocycles. The van der Waals surface area contributed by atoms with Gasteiger partial charge in [0.1, 0.15) is 6.73 Å². The third-order valence-electron chi connectivity index (χ3n) is 4.14. The van der Waals surface area contributed by atoms with E-state index < -0.39 is 19.9 Å². The van der Waals surface area contributed by atoms with Crippen molar-refractivity contribution in [1.82, 2.24) is 9.55 Å². The second kappa shape index (κ2) is 9.04. The summed E-state index contributed by atoms with van der Waals surface area (Å²) >= 11 is 0. The molecule has 0 saturated heterocycles. The molecule has 8 heteroatoms. The SMILES string of the molecule is CCc1cn(COCCO[Si](C)(C)C(C)(C)C)c([O-])nc1=O.[Li+]. The number of aromatic nitrogens is 2. The van der Waals surface area contributed by atoms with Crippen LogP contribution in [0.5, 0.6) is 6.01 Å². The molecule has 1 heterocycles. The normalized spacial score (nSPS) is 12.1. The van der Waals surface area contributed by atoms with E-state index in [9.17, 15) is 9.90 Å². The molecule has 0 aromatic carbocycles. The first-order valence-electron chi connectivity index (χ1n) is 7.57. The van der Waals surface area contributed by atoms with E-state index in [2.05, 4.69) is 38.8 Å². The average molecular weight is 334 g/mol. The van der Waals surface area contributed by atoms with Gasteiger partial charge in [-0.2, -0.15) is 0 Å². The first kappa shape index (κ1) is 22.4. The Bertz CT molecular complexity index is 555. The van der Waals surface area contributed by atoms with E-state index in [0.29, 0.717) is 25.2 Å². The summed E-state index contributed by atoms with van der Waals surface area (Å²) in [6, 6.07) is -0.576. The molecule has 1 aromatic rings. The quantitative estimate of drug-likeness (QED) is 0.466. The molecule has 0 radical (unpaired) electrons. The molecule has 126 valence electrons. The van der Waals surface area contributed by atoms with Gasteiger partial charge in [0, 0.05) is 11.8 Å². The number of hydrogen-bond acceptors (Lipinski definition) is 5. The van der Waals surface area contributed by atoms with E-state index >= 15 is 0 Å². The minimum atomic E-state index is -1.77. The summed E-state index contributed by atoms with van der Waals surface area (Å²) in [7, 11) is -1.77. The number of hydrogen-bond donors (Lipinski definition) is 0. The molecule has 0 bridgehead atoms. The van der Waals surface area contributed by atoms with E-state index in [1.54, 1.807) is 0 Å². The number of rotatable bonds is 7. The third-order valence-corrected chi connectivity index (χ3v) is 8.68. The maximum Gasteiger partial charge on any atom is 1.00 e. The van der Waals surface area contributed by atoms with Gasteiger partial charge >= 0.3 is 18.9 Å². The zero-order valence-corrected chi connectivity index (χ0v) is 16.4. The summed E-state index contributed by atoms with van der Waals surface area (Å²) in [5.41, 5.74) is 0.0609. The van der Waals surface area contributed by atoms with Crippen LogP contribution in [0.4, 0.5) is 0 Å². The predicted octanol–water partition coefficient (Wildman–Crippen LogP) is -1.12. The molecule has 6 nitrogen and oxygen atoms in total. The van der Waals surface area contributed by atoms with E-state index in [1.165, 1.54) is 10.8 Å². The molecule has 0 aliphatic heterocycles. The Morgan fingerprint density at radius 3 is 2.43 bits per heavy atom. The summed E-state index contributed by atoms with van der Waals surface area (Å²) in [6.07, 6.45) is 2.06. The maximum absolute atomic E-state index is 11.6. The first-order valence-corrected chi connectivity index (χ1v) is 10.5. The maximum atomic E-state index is 11.6. The van der Waals surface area contributed by atoms with Gasteiger partial charge in [-0.15, -0.1) is 0 Å². The van der Waals surface area contributed by atoms with Crippen molar-refractivity contribution in [2.75, 3.05) is 13.2 Å². The van der Waals surface area contributed by atoms with Crippen LogP contribution in [0.2, 0.25) is 18.1 Å². The van der Waals surface area contributed by atoms with Gasteiger partial charge < -0.3 is 18.8 Å². The van der Waals surface area contributed by atoms with Gasteiger partial charge in [0.15, 0.2) is 8.32 Å². The van der Waals surface area contributed by atoms with Crippen molar-refractivity contribution in [3.63, 3.8) is 0 Å². The molecule has 0 atom stereocenters. The Balaban J connectivity index is 0.00000484. The fourth-order valence-corrected chi connectivity index (χ4v) is 2.62. The second-order valence-electron chi connectivity index (χ2n) is 6.82. The smallest absolute Gasteiger partial charge is 0.846 e. The molecular formula is C15H27LiN2O4Si. The molecule has 0 aliphatic rings. The molecule has 0 spiro atoms. The standard InChI is InChI=1S/C15H28N2O4Si.Li/c1-7-12-10-17(14(19)16-13(12)18)11-20-8-9-21-22(5,6)15(2,3)4;/h10H,7-9,11H2,1-6H3,(H,16,18,19);/q;+1/p-1. The van der Waals surface area contributed by atoms with Crippen molar-refractivity contribution in [2.45, 2.75) is 59.0 Å². The number of aryl methyl sites for hydroxylation is 1. The van der Waals surface area contributed by atoms with Crippen LogP contribution in [0.25, 0.3) is 0 Å². The monoisotopic (exact) mass is 334 g/mol. The van der Waals surface area contributed by atoms with E-state index in [1.807, 2.05) is 6.92 Å². The summed E-state index contributed by atoms with van der Waals surface area (Å²) in [4.78, 5) is 14.9. The second-order valence-corrected chi connectivity index (χ2v) is 11.6. The van der Waals surface area contributed by atoms with Crippen LogP contribution in [0.1, 0.15) is 33.3 Å². The van der Waals surface area contributed by atoms with Gasteiger partial charge in [-0.05, 0) is 24.6 Å². The van der Waals surface area contributed by atoms with Crippen LogP contribution < -0.4 is 29.5 Å². The Labute approximate surface area is 151 Å². The molecule has 23 heavy (non-hydrogen) atoms. The minimum absolute atomic E-state index is 0.